The van der Waals surface area contributed by atoms with Gasteiger partial charge >= 0.3 is 5.76 Å². The van der Waals surface area contributed by atoms with Crippen molar-refractivity contribution < 1.29 is 13.6 Å². The molecule has 1 heterocycles. The van der Waals surface area contributed by atoms with E-state index in [0.717, 1.165) is 4.57 Å². The maximum Gasteiger partial charge on any atom is 0.420 e. The Kier molecular flexibility index (Phi) is 3.38. The van der Waals surface area contributed by atoms with E-state index >= 15 is 0 Å². The van der Waals surface area contributed by atoms with Crippen LogP contribution in [0, 0.1) is 5.82 Å². The number of carbonyl (C=O) groups excluding carboxylic acids is 1. The fourth-order valence-corrected chi connectivity index (χ4v) is 2.19. The average molecular weight is 301 g/mol. The summed E-state index contributed by atoms with van der Waals surface area (Å²) < 4.78 is 19.6. The molecule has 0 atom stereocenters. The molecule has 0 fully saturated rings. The Hall–Kier alpha value is -3.09. The van der Waals surface area contributed by atoms with E-state index in [1.54, 1.807) is 24.3 Å². The van der Waals surface area contributed by atoms with Gasteiger partial charge in [0.25, 0.3) is 0 Å². The van der Waals surface area contributed by atoms with Crippen molar-refractivity contribution in [2.45, 2.75) is 6.54 Å². The molecule has 0 aliphatic heterocycles. The summed E-state index contributed by atoms with van der Waals surface area (Å²) in [5, 5.41) is 2.40. The first-order valence-corrected chi connectivity index (χ1v) is 6.48. The molecule has 112 valence electrons. The van der Waals surface area contributed by atoms with E-state index in [4.69, 9.17) is 10.2 Å². The quantitative estimate of drug-likeness (QED) is 0.723. The Morgan fingerprint density at radius 2 is 2.00 bits per heavy atom. The summed E-state index contributed by atoms with van der Waals surface area (Å²) in [4.78, 5) is 23.9. The van der Waals surface area contributed by atoms with E-state index in [1.165, 1.54) is 18.2 Å². The number of para-hydroxylation sites is 2. The fraction of sp³-hybridized carbons (Fsp3) is 0.0667. The maximum absolute atomic E-state index is 13.5. The zero-order chi connectivity index (χ0) is 15.7. The first-order valence-electron chi connectivity index (χ1n) is 6.48. The zero-order valence-electron chi connectivity index (χ0n) is 11.4. The Bertz CT molecular complexity index is 914. The number of oxazole rings is 1. The highest BCUT2D eigenvalue weighted by Crippen LogP contribution is 2.20. The third-order valence-electron chi connectivity index (χ3n) is 3.17. The lowest BCUT2D eigenvalue weighted by atomic mass is 10.3. The van der Waals surface area contributed by atoms with Crippen LogP contribution < -0.4 is 16.8 Å². The van der Waals surface area contributed by atoms with E-state index in [9.17, 15) is 14.0 Å². The SMILES string of the molecule is Nc1cccc2oc(=O)n(CC(=O)Nc3ccccc3F)c12. The molecular formula is C15H12FN3O3. The molecule has 3 aromatic rings. The van der Waals surface area contributed by atoms with Crippen LogP contribution in [-0.2, 0) is 11.3 Å². The van der Waals surface area contributed by atoms with Crippen molar-refractivity contribution in [2.75, 3.05) is 11.1 Å². The van der Waals surface area contributed by atoms with Gasteiger partial charge < -0.3 is 15.5 Å². The Morgan fingerprint density at radius 1 is 1.23 bits per heavy atom. The number of carbonyl (C=O) groups is 1. The molecule has 3 N–H and O–H groups in total. The number of aromatic nitrogens is 1. The van der Waals surface area contributed by atoms with Crippen LogP contribution in [0.4, 0.5) is 15.8 Å². The largest absolute Gasteiger partial charge is 0.420 e. The van der Waals surface area contributed by atoms with Gasteiger partial charge in [-0.2, -0.15) is 0 Å². The average Bonchev–Trinajstić information content (AvgIpc) is 2.79. The molecule has 0 aliphatic rings. The van der Waals surface area contributed by atoms with E-state index in [0.29, 0.717) is 16.8 Å². The molecule has 6 nitrogen and oxygen atoms in total. The van der Waals surface area contributed by atoms with Crippen molar-refractivity contribution in [3.63, 3.8) is 0 Å². The Labute approximate surface area is 124 Å². The van der Waals surface area contributed by atoms with E-state index in [2.05, 4.69) is 5.32 Å². The molecule has 0 aliphatic carbocycles. The molecule has 2 aromatic carbocycles. The van der Waals surface area contributed by atoms with Crippen LogP contribution in [0.5, 0.6) is 0 Å². The number of hydrogen-bond donors (Lipinski definition) is 2. The molecule has 22 heavy (non-hydrogen) atoms. The molecule has 0 saturated heterocycles. The van der Waals surface area contributed by atoms with Gasteiger partial charge in [-0.25, -0.2) is 9.18 Å². The summed E-state index contributed by atoms with van der Waals surface area (Å²) in [5.41, 5.74) is 6.81. The van der Waals surface area contributed by atoms with Crippen LogP contribution in [0.3, 0.4) is 0 Å². The number of amides is 1. The van der Waals surface area contributed by atoms with Gasteiger partial charge in [0.15, 0.2) is 5.58 Å². The molecule has 1 aromatic heterocycles. The number of rotatable bonds is 3. The third-order valence-corrected chi connectivity index (χ3v) is 3.17. The van der Waals surface area contributed by atoms with E-state index < -0.39 is 17.5 Å². The topological polar surface area (TPSA) is 90.3 Å². The third kappa shape index (κ3) is 2.44. The second-order valence-corrected chi connectivity index (χ2v) is 4.68. The number of fused-ring (bicyclic) bond motifs is 1. The van der Waals surface area contributed by atoms with Crippen LogP contribution in [0.15, 0.2) is 51.7 Å². The number of benzene rings is 2. The monoisotopic (exact) mass is 301 g/mol. The highest BCUT2D eigenvalue weighted by Gasteiger charge is 2.15. The summed E-state index contributed by atoms with van der Waals surface area (Å²) in [7, 11) is 0. The first kappa shape index (κ1) is 13.9. The highest BCUT2D eigenvalue weighted by atomic mass is 19.1. The second kappa shape index (κ2) is 5.36. The van der Waals surface area contributed by atoms with Crippen LogP contribution in [0.25, 0.3) is 11.1 Å². The van der Waals surface area contributed by atoms with Gasteiger partial charge in [0.1, 0.15) is 17.9 Å². The van der Waals surface area contributed by atoms with Gasteiger partial charge in [0.05, 0.1) is 11.4 Å². The van der Waals surface area contributed by atoms with E-state index in [1.807, 2.05) is 0 Å². The summed E-state index contributed by atoms with van der Waals surface area (Å²) in [6.07, 6.45) is 0. The minimum absolute atomic E-state index is 0.0429. The smallest absolute Gasteiger partial charge is 0.408 e. The summed E-state index contributed by atoms with van der Waals surface area (Å²) in [6.45, 7) is -0.325. The lowest BCUT2D eigenvalue weighted by molar-refractivity contribution is -0.116. The Balaban J connectivity index is 1.91. The number of anilines is 2. The molecule has 0 saturated carbocycles. The molecular weight excluding hydrogens is 289 g/mol. The molecule has 0 radical (unpaired) electrons. The van der Waals surface area contributed by atoms with Crippen molar-refractivity contribution in [2.24, 2.45) is 0 Å². The predicted molar refractivity (Wildman–Crippen MR) is 79.9 cm³/mol. The normalized spacial score (nSPS) is 10.8. The van der Waals surface area contributed by atoms with Crippen molar-refractivity contribution in [3.05, 3.63) is 58.8 Å². The lowest BCUT2D eigenvalue weighted by Gasteiger charge is -2.07. The van der Waals surface area contributed by atoms with Gasteiger partial charge in [0.2, 0.25) is 5.91 Å². The summed E-state index contributed by atoms with van der Waals surface area (Å²) >= 11 is 0. The molecule has 0 spiro atoms. The number of halogens is 1. The van der Waals surface area contributed by atoms with Gasteiger partial charge in [-0.3, -0.25) is 9.36 Å². The minimum atomic E-state index is -0.698. The van der Waals surface area contributed by atoms with E-state index in [-0.39, 0.29) is 12.2 Å². The van der Waals surface area contributed by atoms with Crippen LogP contribution in [0.1, 0.15) is 0 Å². The maximum atomic E-state index is 13.5. The molecule has 3 rings (SSSR count). The van der Waals surface area contributed by atoms with Crippen molar-refractivity contribution >= 4 is 28.4 Å². The van der Waals surface area contributed by atoms with Gasteiger partial charge in [-0.1, -0.05) is 18.2 Å². The van der Waals surface area contributed by atoms with Crippen molar-refractivity contribution in [3.8, 4) is 0 Å². The summed E-state index contributed by atoms with van der Waals surface area (Å²) in [5.74, 6) is -1.81. The highest BCUT2D eigenvalue weighted by molar-refractivity contribution is 5.93. The minimum Gasteiger partial charge on any atom is -0.408 e. The van der Waals surface area contributed by atoms with Gasteiger partial charge in [-0.15, -0.1) is 0 Å². The predicted octanol–water partition coefficient (Wildman–Crippen LogP) is 1.95. The molecule has 0 bridgehead atoms. The zero-order valence-corrected chi connectivity index (χ0v) is 11.4. The number of nitrogen functional groups attached to an aromatic ring is 1. The van der Waals surface area contributed by atoms with Gasteiger partial charge in [0, 0.05) is 0 Å². The van der Waals surface area contributed by atoms with Crippen LogP contribution >= 0.6 is 0 Å². The lowest BCUT2D eigenvalue weighted by Crippen LogP contribution is -2.25. The van der Waals surface area contributed by atoms with Crippen molar-refractivity contribution in [1.82, 2.24) is 4.57 Å². The van der Waals surface area contributed by atoms with Gasteiger partial charge in [-0.05, 0) is 24.3 Å². The Morgan fingerprint density at radius 3 is 2.77 bits per heavy atom. The number of nitrogens with zero attached hydrogens (tertiary/aromatic N) is 1. The molecule has 0 unspecified atom stereocenters. The summed E-state index contributed by atoms with van der Waals surface area (Å²) in [6, 6.07) is 10.6. The van der Waals surface area contributed by atoms with Crippen molar-refractivity contribution in [1.29, 1.82) is 0 Å². The standard InChI is InChI=1S/C15H12FN3O3/c16-9-4-1-2-6-11(9)18-13(20)8-19-14-10(17)5-3-7-12(14)22-15(19)21/h1-7H,8,17H2,(H,18,20). The number of nitrogens with one attached hydrogen (secondary N) is 1. The number of nitrogens with two attached hydrogens (primary N) is 1. The second-order valence-electron chi connectivity index (χ2n) is 4.68. The van der Waals surface area contributed by atoms with Crippen LogP contribution in [-0.4, -0.2) is 10.5 Å². The number of hydrogen-bond acceptors (Lipinski definition) is 4. The fourth-order valence-electron chi connectivity index (χ4n) is 2.19. The molecule has 1 amide bonds. The van der Waals surface area contributed by atoms with Crippen LogP contribution in [0.2, 0.25) is 0 Å². The first-order chi connectivity index (χ1) is 10.6. The molecule has 7 heteroatoms.